The van der Waals surface area contributed by atoms with Crippen molar-refractivity contribution in [2.75, 3.05) is 0 Å². The van der Waals surface area contributed by atoms with E-state index >= 15 is 0 Å². The van der Waals surface area contributed by atoms with Gasteiger partial charge in [-0.25, -0.2) is 0 Å². The van der Waals surface area contributed by atoms with Crippen molar-refractivity contribution >= 4 is 23.5 Å². The second kappa shape index (κ2) is 13.1. The Morgan fingerprint density at radius 2 is 0.727 bits per heavy atom. The summed E-state index contributed by atoms with van der Waals surface area (Å²) in [6.45, 7) is 13.4. The Kier molecular flexibility index (Phi) is 11.5. The Bertz CT molecular complexity index is 729. The van der Waals surface area contributed by atoms with Crippen molar-refractivity contribution in [3.63, 3.8) is 0 Å². The van der Waals surface area contributed by atoms with E-state index in [1.807, 2.05) is 23.5 Å². The van der Waals surface area contributed by atoms with Crippen molar-refractivity contribution in [1.82, 2.24) is 0 Å². The molecular weight excluding hydrogens is 480 g/mol. The molecule has 0 saturated heterocycles. The van der Waals surface area contributed by atoms with Crippen LogP contribution < -0.4 is 0 Å². The second-order valence-corrected chi connectivity index (χ2v) is 13.6. The molecule has 2 fully saturated rings. The molecule has 2 saturated carbocycles. The summed E-state index contributed by atoms with van der Waals surface area (Å²) in [5, 5.41) is 0. The molecule has 33 heavy (non-hydrogen) atoms. The molecule has 0 bridgehead atoms. The van der Waals surface area contributed by atoms with Crippen molar-refractivity contribution < 1.29 is 17.1 Å². The van der Waals surface area contributed by atoms with Crippen molar-refractivity contribution in [2.45, 2.75) is 60.8 Å². The predicted molar refractivity (Wildman–Crippen MR) is 143 cm³/mol. The first-order valence-electron chi connectivity index (χ1n) is 11.1. The van der Waals surface area contributed by atoms with E-state index in [0.717, 1.165) is 0 Å². The van der Waals surface area contributed by atoms with Crippen LogP contribution in [0.15, 0.2) is 58.3 Å². The molecule has 0 heterocycles. The third-order valence-electron chi connectivity index (χ3n) is 4.55. The molecule has 0 atom stereocenters. The van der Waals surface area contributed by atoms with Crippen LogP contribution in [0.25, 0.3) is 0 Å². The van der Waals surface area contributed by atoms with Gasteiger partial charge in [0, 0.05) is 31.1 Å². The van der Waals surface area contributed by atoms with E-state index in [1.54, 1.807) is 0 Å². The van der Waals surface area contributed by atoms with Crippen LogP contribution in [0, 0.1) is 63.2 Å². The van der Waals surface area contributed by atoms with Gasteiger partial charge in [-0.05, 0) is 86.8 Å². The standard InChI is InChI=1S/2C15H17S.Fe/c2*1-15(2,3)16-14-10-8-13(9-11-14)12-6-4-5-7-12;/h2*4-11H,1-3H3;/q;;+2. The Hall–Kier alpha value is -0.341. The molecule has 2 aliphatic rings. The van der Waals surface area contributed by atoms with Gasteiger partial charge in [-0.1, -0.05) is 65.8 Å². The first kappa shape index (κ1) is 28.9. The maximum absolute atomic E-state index is 2.24. The molecule has 0 amide bonds. The zero-order chi connectivity index (χ0) is 23.2. The van der Waals surface area contributed by atoms with E-state index in [-0.39, 0.29) is 26.6 Å². The first-order chi connectivity index (χ1) is 15.1. The molecule has 0 N–H and O–H groups in total. The Balaban J connectivity index is 0.000000227. The van der Waals surface area contributed by atoms with Gasteiger partial charge in [0.15, 0.2) is 0 Å². The topological polar surface area (TPSA) is 0 Å². The van der Waals surface area contributed by atoms with Gasteiger partial charge in [-0.2, -0.15) is 0 Å². The number of hydrogen-bond acceptors (Lipinski definition) is 2. The molecular formula is C30H34FeS2+2. The molecule has 0 unspecified atom stereocenters. The van der Waals surface area contributed by atoms with Gasteiger partial charge in [0.2, 0.25) is 0 Å². The zero-order valence-electron chi connectivity index (χ0n) is 20.4. The van der Waals surface area contributed by atoms with Gasteiger partial charge in [0.25, 0.3) is 0 Å². The van der Waals surface area contributed by atoms with Crippen LogP contribution in [0.1, 0.15) is 52.7 Å². The summed E-state index contributed by atoms with van der Waals surface area (Å²) in [6, 6.07) is 17.6. The minimum absolute atomic E-state index is 0. The van der Waals surface area contributed by atoms with Crippen molar-refractivity contribution in [3.8, 4) is 0 Å². The molecule has 0 nitrogen and oxygen atoms in total. The summed E-state index contributed by atoms with van der Waals surface area (Å²) in [4.78, 5) is 2.67. The molecule has 3 heteroatoms. The van der Waals surface area contributed by atoms with Crippen molar-refractivity contribution in [2.24, 2.45) is 0 Å². The van der Waals surface area contributed by atoms with E-state index in [9.17, 15) is 0 Å². The normalized spacial score (nSPS) is 17.4. The summed E-state index contributed by atoms with van der Waals surface area (Å²) < 4.78 is 0.559. The third-order valence-corrected chi connectivity index (χ3v) is 6.79. The molecule has 172 valence electrons. The monoisotopic (exact) mass is 514 g/mol. The largest absolute Gasteiger partial charge is 2.00 e. The van der Waals surface area contributed by atoms with E-state index in [2.05, 4.69) is 141 Å². The van der Waals surface area contributed by atoms with Gasteiger partial charge >= 0.3 is 17.1 Å². The first-order valence-corrected chi connectivity index (χ1v) is 12.7. The van der Waals surface area contributed by atoms with Gasteiger partial charge in [0.05, 0.1) is 0 Å². The number of rotatable bonds is 4. The van der Waals surface area contributed by atoms with E-state index in [1.165, 1.54) is 32.8 Å². The maximum Gasteiger partial charge on any atom is 2.00 e. The minimum atomic E-state index is 0. The molecule has 2 aliphatic carbocycles. The van der Waals surface area contributed by atoms with Gasteiger partial charge in [0.1, 0.15) is 0 Å². The fourth-order valence-corrected chi connectivity index (χ4v) is 5.23. The van der Waals surface area contributed by atoms with Crippen molar-refractivity contribution in [1.29, 1.82) is 0 Å². The van der Waals surface area contributed by atoms with Crippen LogP contribution in [0.5, 0.6) is 0 Å². The summed E-state index contributed by atoms with van der Waals surface area (Å²) in [5.41, 5.74) is 2.59. The average molecular weight is 515 g/mol. The van der Waals surface area contributed by atoms with Crippen molar-refractivity contribution in [3.05, 3.63) is 123 Å². The SMILES string of the molecule is CC(C)(C)Sc1ccc([C]2[CH][CH][CH][CH]2)cc1.CC(C)(C)Sc1ccc([C]2[CH][CH][CH][CH]2)cc1.[Fe+2]. The fourth-order valence-electron chi connectivity index (χ4n) is 3.27. The summed E-state index contributed by atoms with van der Waals surface area (Å²) in [6.07, 6.45) is 16.9. The van der Waals surface area contributed by atoms with Crippen LogP contribution in [0.3, 0.4) is 0 Å². The van der Waals surface area contributed by atoms with Gasteiger partial charge in [-0.15, -0.1) is 23.5 Å². The van der Waals surface area contributed by atoms with E-state index in [0.29, 0.717) is 0 Å². The summed E-state index contributed by atoms with van der Waals surface area (Å²) in [5.74, 6) is 2.60. The maximum atomic E-state index is 2.24. The molecule has 2 aromatic rings. The van der Waals surface area contributed by atoms with E-state index < -0.39 is 0 Å². The molecule has 10 radical (unpaired) electrons. The molecule has 0 aliphatic heterocycles. The van der Waals surface area contributed by atoms with E-state index in [4.69, 9.17) is 0 Å². The third kappa shape index (κ3) is 10.4. The van der Waals surface area contributed by atoms with Crippen LogP contribution in [0.2, 0.25) is 0 Å². The second-order valence-electron chi connectivity index (χ2n) is 9.82. The van der Waals surface area contributed by atoms with Crippen LogP contribution in [0.4, 0.5) is 0 Å². The number of benzene rings is 2. The van der Waals surface area contributed by atoms with Crippen LogP contribution in [-0.4, -0.2) is 9.49 Å². The summed E-state index contributed by atoms with van der Waals surface area (Å²) >= 11 is 3.81. The molecule has 4 rings (SSSR count). The van der Waals surface area contributed by atoms with Gasteiger partial charge in [-0.3, -0.25) is 0 Å². The number of hydrogen-bond donors (Lipinski definition) is 0. The molecule has 0 aromatic heterocycles. The minimum Gasteiger partial charge on any atom is -0.120 e. The van der Waals surface area contributed by atoms with Crippen LogP contribution in [-0.2, 0) is 17.1 Å². The predicted octanol–water partition coefficient (Wildman–Crippen LogP) is 8.66. The quantitative estimate of drug-likeness (QED) is 0.296. The van der Waals surface area contributed by atoms with Crippen LogP contribution >= 0.6 is 23.5 Å². The molecule has 2 aromatic carbocycles. The Morgan fingerprint density at radius 3 is 0.970 bits per heavy atom. The van der Waals surface area contributed by atoms with Gasteiger partial charge < -0.3 is 0 Å². The average Bonchev–Trinajstić information content (AvgIpc) is 3.42. The smallest absolute Gasteiger partial charge is 0.120 e. The summed E-state index contributed by atoms with van der Waals surface area (Å²) in [7, 11) is 0. The Morgan fingerprint density at radius 1 is 0.455 bits per heavy atom. The number of thioether (sulfide) groups is 2. The Labute approximate surface area is 223 Å². The molecule has 0 spiro atoms. The zero-order valence-corrected chi connectivity index (χ0v) is 23.1. The fraction of sp³-hybridized carbons (Fsp3) is 0.267.